The summed E-state index contributed by atoms with van der Waals surface area (Å²) < 4.78 is 4.61. The van der Waals surface area contributed by atoms with Crippen LogP contribution in [0.2, 0.25) is 0 Å². The number of hydrogen-bond donors (Lipinski definition) is 1. The molecule has 9 heavy (non-hydrogen) atoms. The fourth-order valence-electron chi connectivity index (χ4n) is 0.269. The van der Waals surface area contributed by atoms with E-state index in [2.05, 4.69) is 17.2 Å². The minimum absolute atomic E-state index is 0.0221. The molecule has 0 aromatic carbocycles. The summed E-state index contributed by atoms with van der Waals surface area (Å²) in [5, 5.41) is 8.41. The van der Waals surface area contributed by atoms with Crippen molar-refractivity contribution in [3.63, 3.8) is 0 Å². The highest BCUT2D eigenvalue weighted by Gasteiger charge is 1.96. The Kier molecular flexibility index (Phi) is 3.38. The van der Waals surface area contributed by atoms with Gasteiger partial charge in [0.2, 0.25) is 0 Å². The summed E-state index contributed by atoms with van der Waals surface area (Å²) in [6.07, 6.45) is 5.02. The maximum atomic E-state index is 8.41. The van der Waals surface area contributed by atoms with Crippen LogP contribution in [0.5, 0.6) is 0 Å². The van der Waals surface area contributed by atoms with Crippen LogP contribution in [0.4, 0.5) is 0 Å². The van der Waals surface area contributed by atoms with E-state index in [9.17, 15) is 0 Å². The molecule has 0 rings (SSSR count). The van der Waals surface area contributed by atoms with Crippen molar-refractivity contribution in [2.75, 3.05) is 6.61 Å². The minimum Gasteiger partial charge on any atom is -0.481 e. The van der Waals surface area contributed by atoms with E-state index in [4.69, 9.17) is 11.5 Å². The van der Waals surface area contributed by atoms with E-state index in [1.54, 1.807) is 0 Å². The zero-order chi connectivity index (χ0) is 7.28. The topological polar surface area (TPSA) is 29.5 Å². The van der Waals surface area contributed by atoms with Crippen molar-refractivity contribution in [3.8, 4) is 12.3 Å². The van der Waals surface area contributed by atoms with Crippen LogP contribution in [0.15, 0.2) is 12.5 Å². The van der Waals surface area contributed by atoms with Crippen molar-refractivity contribution in [2.24, 2.45) is 5.92 Å². The predicted octanol–water partition coefficient (Wildman–Crippen LogP) is 1.30. The quantitative estimate of drug-likeness (QED) is 0.456. The molecule has 0 amide bonds. The van der Waals surface area contributed by atoms with Crippen LogP contribution in [0.3, 0.4) is 0 Å². The minimum atomic E-state index is -0.280. The van der Waals surface area contributed by atoms with E-state index < -0.39 is 0 Å². The van der Waals surface area contributed by atoms with Gasteiger partial charge in [-0.3, -0.25) is 0 Å². The van der Waals surface area contributed by atoms with Gasteiger partial charge >= 0.3 is 0 Å². The summed E-state index contributed by atoms with van der Waals surface area (Å²) in [5.41, 5.74) is 0. The Bertz CT molecular complexity index is 132. The normalized spacial score (nSPS) is 11.6. The fourth-order valence-corrected chi connectivity index (χ4v) is 0.269. The van der Waals surface area contributed by atoms with E-state index in [0.717, 1.165) is 0 Å². The Hall–Kier alpha value is -1.10. The molecule has 2 nitrogen and oxygen atoms in total. The molecule has 0 spiro atoms. The molecule has 1 unspecified atom stereocenters. The molecule has 2 heteroatoms. The maximum absolute atomic E-state index is 8.41. The number of ether oxygens (including phenoxy) is 1. The standard InChI is InChI=1S/C7H10O2/c1-4-6(2)5-9-7(3)8/h1,6,8H,3,5H2,2H3. The highest BCUT2D eigenvalue weighted by molar-refractivity contribution is 4.90. The molecule has 0 bridgehead atoms. The number of rotatable bonds is 3. The van der Waals surface area contributed by atoms with Gasteiger partial charge in [-0.2, -0.15) is 0 Å². The first-order chi connectivity index (χ1) is 4.16. The molecule has 0 heterocycles. The second-order valence-electron chi connectivity index (χ2n) is 1.77. The van der Waals surface area contributed by atoms with Gasteiger partial charge in [-0.25, -0.2) is 0 Å². The molecule has 1 atom stereocenters. The van der Waals surface area contributed by atoms with Gasteiger partial charge in [0.25, 0.3) is 5.95 Å². The molecule has 0 fully saturated rings. The van der Waals surface area contributed by atoms with Crippen LogP contribution in [0.1, 0.15) is 6.92 Å². The average molecular weight is 126 g/mol. The van der Waals surface area contributed by atoms with Gasteiger partial charge in [-0.15, -0.1) is 12.3 Å². The van der Waals surface area contributed by atoms with Crippen molar-refractivity contribution in [1.29, 1.82) is 0 Å². The molecule has 0 saturated carbocycles. The highest BCUT2D eigenvalue weighted by atomic mass is 16.6. The third kappa shape index (κ3) is 4.76. The van der Waals surface area contributed by atoms with Gasteiger partial charge in [-0.05, 0) is 13.5 Å². The van der Waals surface area contributed by atoms with Gasteiger partial charge in [0.05, 0.1) is 5.92 Å². The summed E-state index contributed by atoms with van der Waals surface area (Å²) in [5.74, 6) is 2.18. The number of aliphatic hydroxyl groups is 1. The molecular formula is C7H10O2. The molecule has 0 aliphatic rings. The van der Waals surface area contributed by atoms with Crippen LogP contribution in [0.25, 0.3) is 0 Å². The smallest absolute Gasteiger partial charge is 0.269 e. The van der Waals surface area contributed by atoms with Crippen LogP contribution < -0.4 is 0 Å². The van der Waals surface area contributed by atoms with E-state index in [-0.39, 0.29) is 11.9 Å². The summed E-state index contributed by atoms with van der Waals surface area (Å²) in [6.45, 7) is 5.27. The second kappa shape index (κ2) is 3.85. The lowest BCUT2D eigenvalue weighted by atomic mass is 10.2. The molecule has 0 aliphatic carbocycles. The summed E-state index contributed by atoms with van der Waals surface area (Å²) in [6, 6.07) is 0. The average Bonchev–Trinajstić information content (AvgIpc) is 1.83. The molecule has 1 N–H and O–H groups in total. The Morgan fingerprint density at radius 1 is 2.00 bits per heavy atom. The lowest BCUT2D eigenvalue weighted by molar-refractivity contribution is 0.0849. The van der Waals surface area contributed by atoms with E-state index in [0.29, 0.717) is 6.61 Å². The van der Waals surface area contributed by atoms with E-state index in [1.807, 2.05) is 6.92 Å². The van der Waals surface area contributed by atoms with Crippen LogP contribution in [0, 0.1) is 18.3 Å². The molecule has 0 aromatic heterocycles. The Morgan fingerprint density at radius 2 is 2.56 bits per heavy atom. The zero-order valence-electron chi connectivity index (χ0n) is 5.42. The highest BCUT2D eigenvalue weighted by Crippen LogP contribution is 1.95. The van der Waals surface area contributed by atoms with Crippen molar-refractivity contribution < 1.29 is 9.84 Å². The SMILES string of the molecule is C#CC(C)COC(=C)O. The van der Waals surface area contributed by atoms with Crippen molar-refractivity contribution in [3.05, 3.63) is 12.5 Å². The van der Waals surface area contributed by atoms with E-state index >= 15 is 0 Å². The van der Waals surface area contributed by atoms with Crippen molar-refractivity contribution >= 4 is 0 Å². The monoisotopic (exact) mass is 126 g/mol. The number of hydrogen-bond acceptors (Lipinski definition) is 2. The third-order valence-corrected chi connectivity index (χ3v) is 0.784. The first kappa shape index (κ1) is 7.90. The van der Waals surface area contributed by atoms with Crippen LogP contribution >= 0.6 is 0 Å². The Labute approximate surface area is 55.1 Å². The van der Waals surface area contributed by atoms with Crippen molar-refractivity contribution in [2.45, 2.75) is 6.92 Å². The lowest BCUT2D eigenvalue weighted by Crippen LogP contribution is -2.01. The fraction of sp³-hybridized carbons (Fsp3) is 0.429. The molecule has 0 aromatic rings. The summed E-state index contributed by atoms with van der Waals surface area (Å²) in [7, 11) is 0. The van der Waals surface area contributed by atoms with Crippen LogP contribution in [-0.4, -0.2) is 11.7 Å². The first-order valence-corrected chi connectivity index (χ1v) is 2.63. The zero-order valence-corrected chi connectivity index (χ0v) is 5.42. The van der Waals surface area contributed by atoms with Gasteiger partial charge in [0, 0.05) is 0 Å². The molecule has 0 radical (unpaired) electrons. The first-order valence-electron chi connectivity index (χ1n) is 2.63. The van der Waals surface area contributed by atoms with Gasteiger partial charge in [0.15, 0.2) is 0 Å². The second-order valence-corrected chi connectivity index (χ2v) is 1.77. The number of terminal acetylenes is 1. The molecule has 0 saturated heterocycles. The van der Waals surface area contributed by atoms with Crippen molar-refractivity contribution in [1.82, 2.24) is 0 Å². The Morgan fingerprint density at radius 3 is 2.89 bits per heavy atom. The summed E-state index contributed by atoms with van der Waals surface area (Å²) >= 11 is 0. The molecule has 50 valence electrons. The maximum Gasteiger partial charge on any atom is 0.269 e. The molecule has 0 aliphatic heterocycles. The summed E-state index contributed by atoms with van der Waals surface area (Å²) in [4.78, 5) is 0. The largest absolute Gasteiger partial charge is 0.481 e. The Balaban J connectivity index is 3.30. The van der Waals surface area contributed by atoms with Gasteiger partial charge < -0.3 is 9.84 Å². The third-order valence-electron chi connectivity index (χ3n) is 0.784. The number of aliphatic hydroxyl groups excluding tert-OH is 1. The van der Waals surface area contributed by atoms with Gasteiger partial charge in [-0.1, -0.05) is 0 Å². The lowest BCUT2D eigenvalue weighted by Gasteiger charge is -2.04. The van der Waals surface area contributed by atoms with Gasteiger partial charge in [0.1, 0.15) is 6.61 Å². The molecular weight excluding hydrogens is 116 g/mol. The van der Waals surface area contributed by atoms with Crippen LogP contribution in [-0.2, 0) is 4.74 Å². The van der Waals surface area contributed by atoms with E-state index in [1.165, 1.54) is 0 Å². The predicted molar refractivity (Wildman–Crippen MR) is 35.7 cm³/mol.